The zero-order chi connectivity index (χ0) is 25.1. The Morgan fingerprint density at radius 3 is 2.53 bits per heavy atom. The number of carbonyl (C=O) groups excluding carboxylic acids is 2. The number of carbonyl (C=O) groups is 2. The maximum atomic E-state index is 12.7. The molecule has 36 heavy (non-hydrogen) atoms. The van der Waals surface area contributed by atoms with Gasteiger partial charge in [-0.1, -0.05) is 18.2 Å². The molecule has 2 aromatic rings. The number of amides is 2. The minimum atomic E-state index is -0.642. The van der Waals surface area contributed by atoms with Crippen LogP contribution in [0.3, 0.4) is 0 Å². The molecule has 1 unspecified atom stereocenters. The third kappa shape index (κ3) is 5.42. The number of ether oxygens (including phenoxy) is 2. The lowest BCUT2D eigenvalue weighted by atomic mass is 9.95. The smallest absolute Gasteiger partial charge is 0.309 e. The monoisotopic (exact) mass is 493 g/mol. The van der Waals surface area contributed by atoms with Crippen molar-refractivity contribution in [2.45, 2.75) is 25.4 Å². The van der Waals surface area contributed by atoms with E-state index >= 15 is 0 Å². The molecule has 0 saturated carbocycles. The van der Waals surface area contributed by atoms with Crippen LogP contribution in [0.1, 0.15) is 29.2 Å². The number of likely N-dealkylation sites (N-methyl/N-ethyl adjacent to an activating group) is 1. The second-order valence-corrected chi connectivity index (χ2v) is 9.85. The van der Waals surface area contributed by atoms with E-state index < -0.39 is 11.8 Å². The summed E-state index contributed by atoms with van der Waals surface area (Å²) in [6.45, 7) is 5.70. The second-order valence-electron chi connectivity index (χ2n) is 9.85. The van der Waals surface area contributed by atoms with Crippen molar-refractivity contribution >= 4 is 17.5 Å². The van der Waals surface area contributed by atoms with Crippen LogP contribution < -0.4 is 25.0 Å². The Balaban J connectivity index is 1.23. The molecule has 192 valence electrons. The van der Waals surface area contributed by atoms with Gasteiger partial charge in [0.1, 0.15) is 0 Å². The first-order valence-corrected chi connectivity index (χ1v) is 12.7. The van der Waals surface area contributed by atoms with Crippen LogP contribution in [0.25, 0.3) is 0 Å². The van der Waals surface area contributed by atoms with Crippen LogP contribution in [-0.2, 0) is 22.6 Å². The Bertz CT molecular complexity index is 1120. The van der Waals surface area contributed by atoms with E-state index in [2.05, 4.69) is 57.6 Å². The van der Waals surface area contributed by atoms with Crippen LogP contribution >= 0.6 is 0 Å². The number of hydrogen-bond donors (Lipinski definition) is 2. The van der Waals surface area contributed by atoms with E-state index in [1.807, 2.05) is 12.1 Å². The van der Waals surface area contributed by atoms with Crippen molar-refractivity contribution in [1.82, 2.24) is 20.4 Å². The fourth-order valence-corrected chi connectivity index (χ4v) is 5.19. The minimum Gasteiger partial charge on any atom is -0.454 e. The number of piperazine rings is 1. The average molecular weight is 494 g/mol. The highest BCUT2D eigenvalue weighted by Gasteiger charge is 2.27. The maximum Gasteiger partial charge on any atom is 0.309 e. The number of rotatable bonds is 6. The predicted octanol–water partition coefficient (Wildman–Crippen LogP) is 1.52. The van der Waals surface area contributed by atoms with Crippen LogP contribution in [0.2, 0.25) is 0 Å². The second kappa shape index (κ2) is 10.8. The molecule has 9 nitrogen and oxygen atoms in total. The summed E-state index contributed by atoms with van der Waals surface area (Å²) in [6, 6.07) is 12.2. The van der Waals surface area contributed by atoms with Gasteiger partial charge >= 0.3 is 11.8 Å². The Labute approximate surface area is 212 Å². The van der Waals surface area contributed by atoms with Crippen LogP contribution in [0.15, 0.2) is 36.4 Å². The minimum absolute atomic E-state index is 0.0156. The molecule has 0 aliphatic carbocycles. The molecule has 3 aliphatic heterocycles. The average Bonchev–Trinajstić information content (AvgIpc) is 3.36. The van der Waals surface area contributed by atoms with Gasteiger partial charge in [0.25, 0.3) is 0 Å². The van der Waals surface area contributed by atoms with E-state index in [1.165, 1.54) is 16.8 Å². The van der Waals surface area contributed by atoms with Gasteiger partial charge in [-0.15, -0.1) is 0 Å². The summed E-state index contributed by atoms with van der Waals surface area (Å²) in [5.41, 5.74) is 4.67. The number of nitrogens with zero attached hydrogens (tertiary/aromatic N) is 3. The van der Waals surface area contributed by atoms with Crippen LogP contribution in [0, 0.1) is 0 Å². The van der Waals surface area contributed by atoms with E-state index in [0.29, 0.717) is 18.0 Å². The lowest BCUT2D eigenvalue weighted by Gasteiger charge is -2.39. The SMILES string of the molecule is CN1CCN(C(CNC(=O)C(=O)NCc2ccc3c(c2)OCO3)c2ccc3c(c2)CCCN3C)CC1. The Morgan fingerprint density at radius 2 is 1.69 bits per heavy atom. The third-order valence-corrected chi connectivity index (χ3v) is 7.37. The van der Waals surface area contributed by atoms with E-state index in [4.69, 9.17) is 9.47 Å². The van der Waals surface area contributed by atoms with Gasteiger partial charge < -0.3 is 29.9 Å². The van der Waals surface area contributed by atoms with Crippen LogP contribution in [-0.4, -0.2) is 81.8 Å². The topological polar surface area (TPSA) is 86.4 Å². The molecule has 0 bridgehead atoms. The van der Waals surface area contributed by atoms with Gasteiger partial charge in [-0.05, 0) is 54.8 Å². The van der Waals surface area contributed by atoms with Gasteiger partial charge in [0.15, 0.2) is 11.5 Å². The van der Waals surface area contributed by atoms with Gasteiger partial charge in [-0.2, -0.15) is 0 Å². The number of nitrogens with one attached hydrogen (secondary N) is 2. The molecular weight excluding hydrogens is 458 g/mol. The lowest BCUT2D eigenvalue weighted by Crippen LogP contribution is -2.49. The first kappa shape index (κ1) is 24.4. The van der Waals surface area contributed by atoms with Crippen molar-refractivity contribution in [2.24, 2.45) is 0 Å². The number of benzene rings is 2. The maximum absolute atomic E-state index is 12.7. The summed E-state index contributed by atoms with van der Waals surface area (Å²) in [4.78, 5) is 32.3. The van der Waals surface area contributed by atoms with E-state index in [-0.39, 0.29) is 19.4 Å². The molecule has 0 spiro atoms. The molecule has 1 fully saturated rings. The molecule has 3 heterocycles. The van der Waals surface area contributed by atoms with E-state index in [9.17, 15) is 9.59 Å². The Hall–Kier alpha value is -3.30. The van der Waals surface area contributed by atoms with Gasteiger partial charge in [-0.3, -0.25) is 14.5 Å². The molecule has 0 aromatic heterocycles. The van der Waals surface area contributed by atoms with Crippen molar-refractivity contribution < 1.29 is 19.1 Å². The Morgan fingerprint density at radius 1 is 0.917 bits per heavy atom. The molecule has 1 atom stereocenters. The van der Waals surface area contributed by atoms with Crippen LogP contribution in [0.4, 0.5) is 5.69 Å². The highest BCUT2D eigenvalue weighted by atomic mass is 16.7. The largest absolute Gasteiger partial charge is 0.454 e. The molecule has 2 amide bonds. The fourth-order valence-electron chi connectivity index (χ4n) is 5.19. The highest BCUT2D eigenvalue weighted by molar-refractivity contribution is 6.35. The van der Waals surface area contributed by atoms with Gasteiger partial charge in [0.05, 0.1) is 6.04 Å². The number of aryl methyl sites for hydroxylation is 1. The fraction of sp³-hybridized carbons (Fsp3) is 0.481. The Kier molecular flexibility index (Phi) is 7.29. The number of hydrogen-bond acceptors (Lipinski definition) is 7. The summed E-state index contributed by atoms with van der Waals surface area (Å²) < 4.78 is 10.7. The lowest BCUT2D eigenvalue weighted by molar-refractivity contribution is -0.139. The van der Waals surface area contributed by atoms with Crippen molar-refractivity contribution in [2.75, 3.05) is 65.1 Å². The van der Waals surface area contributed by atoms with Crippen molar-refractivity contribution in [3.63, 3.8) is 0 Å². The van der Waals surface area contributed by atoms with Crippen LogP contribution in [0.5, 0.6) is 11.5 Å². The summed E-state index contributed by atoms with van der Waals surface area (Å²) in [5, 5.41) is 5.61. The molecule has 2 aromatic carbocycles. The molecule has 0 radical (unpaired) electrons. The van der Waals surface area contributed by atoms with Gasteiger partial charge in [0, 0.05) is 58.5 Å². The zero-order valence-corrected chi connectivity index (χ0v) is 21.1. The molecule has 2 N–H and O–H groups in total. The first-order chi connectivity index (χ1) is 17.5. The van der Waals surface area contributed by atoms with Crippen molar-refractivity contribution in [1.29, 1.82) is 0 Å². The normalized spacial score (nSPS) is 18.4. The highest BCUT2D eigenvalue weighted by Crippen LogP contribution is 2.33. The zero-order valence-electron chi connectivity index (χ0n) is 21.1. The summed E-state index contributed by atoms with van der Waals surface area (Å²) in [5.74, 6) is 0.0773. The standard InChI is InChI=1S/C27H35N5O4/c1-30-10-12-32(13-11-30)23(21-6-7-22-20(15-21)4-3-9-31(22)2)17-29-27(34)26(33)28-16-19-5-8-24-25(14-19)36-18-35-24/h5-8,14-15,23H,3-4,9-13,16-18H2,1-2H3,(H,28,33)(H,29,34). The number of fused-ring (bicyclic) bond motifs is 2. The summed E-state index contributed by atoms with van der Waals surface area (Å²) >= 11 is 0. The first-order valence-electron chi connectivity index (χ1n) is 12.7. The number of anilines is 1. The van der Waals surface area contributed by atoms with E-state index in [1.54, 1.807) is 6.07 Å². The molecule has 3 aliphatic rings. The molecule has 5 rings (SSSR count). The summed E-state index contributed by atoms with van der Waals surface area (Å²) in [6.07, 6.45) is 2.21. The van der Waals surface area contributed by atoms with Gasteiger partial charge in [0.2, 0.25) is 6.79 Å². The van der Waals surface area contributed by atoms with E-state index in [0.717, 1.165) is 51.1 Å². The quantitative estimate of drug-likeness (QED) is 0.590. The van der Waals surface area contributed by atoms with Crippen molar-refractivity contribution in [3.05, 3.63) is 53.1 Å². The third-order valence-electron chi connectivity index (χ3n) is 7.37. The molecular formula is C27H35N5O4. The van der Waals surface area contributed by atoms with Crippen molar-refractivity contribution in [3.8, 4) is 11.5 Å². The van der Waals surface area contributed by atoms with Gasteiger partial charge in [-0.25, -0.2) is 0 Å². The molecule has 9 heteroatoms. The molecule has 1 saturated heterocycles. The summed E-state index contributed by atoms with van der Waals surface area (Å²) in [7, 11) is 4.27. The predicted molar refractivity (Wildman–Crippen MR) is 137 cm³/mol.